The monoisotopic (exact) mass is 308 g/mol. The lowest BCUT2D eigenvalue weighted by Crippen LogP contribution is -2.39. The summed E-state index contributed by atoms with van der Waals surface area (Å²) in [6.07, 6.45) is 4.52. The van der Waals surface area contributed by atoms with Crippen molar-refractivity contribution >= 4 is 17.2 Å². The molecule has 0 fully saturated rings. The first kappa shape index (κ1) is 15.7. The van der Waals surface area contributed by atoms with Gasteiger partial charge >= 0.3 is 0 Å². The van der Waals surface area contributed by atoms with Crippen molar-refractivity contribution in [1.82, 2.24) is 20.1 Å². The second kappa shape index (κ2) is 5.95. The van der Waals surface area contributed by atoms with E-state index in [9.17, 15) is 9.90 Å². The van der Waals surface area contributed by atoms with Crippen LogP contribution < -0.4 is 5.32 Å². The van der Waals surface area contributed by atoms with Crippen LogP contribution in [0, 0.1) is 5.41 Å². The van der Waals surface area contributed by atoms with Crippen molar-refractivity contribution in [2.75, 3.05) is 6.54 Å². The summed E-state index contributed by atoms with van der Waals surface area (Å²) >= 11 is 1.31. The Bertz CT molecular complexity index is 627. The lowest BCUT2D eigenvalue weighted by atomic mass is 9.89. The summed E-state index contributed by atoms with van der Waals surface area (Å²) in [5, 5.41) is 17.5. The molecule has 0 spiro atoms. The molecule has 1 unspecified atom stereocenters. The number of aliphatic hydroxyl groups excluding tert-OH is 1. The lowest BCUT2D eigenvalue weighted by Gasteiger charge is -2.25. The molecule has 1 atom stereocenters. The predicted molar refractivity (Wildman–Crippen MR) is 82.1 cm³/mol. The van der Waals surface area contributed by atoms with Crippen LogP contribution in [0.25, 0.3) is 10.6 Å². The summed E-state index contributed by atoms with van der Waals surface area (Å²) in [7, 11) is 1.83. The van der Waals surface area contributed by atoms with Gasteiger partial charge in [-0.15, -0.1) is 11.3 Å². The average molecular weight is 308 g/mol. The highest BCUT2D eigenvalue weighted by Crippen LogP contribution is 2.24. The number of aryl methyl sites for hydroxylation is 1. The minimum absolute atomic E-state index is 0.217. The van der Waals surface area contributed by atoms with E-state index in [0.29, 0.717) is 4.88 Å². The fraction of sp³-hybridized carbons (Fsp3) is 0.500. The number of carbonyl (C=O) groups excluding carboxylic acids is 1. The van der Waals surface area contributed by atoms with Gasteiger partial charge in [-0.3, -0.25) is 9.48 Å². The number of aliphatic hydroxyl groups is 1. The smallest absolute Gasteiger partial charge is 0.263 e. The topological polar surface area (TPSA) is 80.0 Å². The van der Waals surface area contributed by atoms with E-state index in [4.69, 9.17) is 0 Å². The molecule has 0 aliphatic heterocycles. The minimum atomic E-state index is -0.591. The van der Waals surface area contributed by atoms with Gasteiger partial charge in [0.15, 0.2) is 0 Å². The number of nitrogens with zero attached hydrogens (tertiary/aromatic N) is 3. The Morgan fingerprint density at radius 1 is 1.48 bits per heavy atom. The van der Waals surface area contributed by atoms with Crippen LogP contribution in [0.4, 0.5) is 0 Å². The first-order valence-electron chi connectivity index (χ1n) is 6.68. The Labute approximate surface area is 127 Å². The van der Waals surface area contributed by atoms with E-state index in [-0.39, 0.29) is 17.9 Å². The van der Waals surface area contributed by atoms with Crippen LogP contribution in [-0.2, 0) is 7.05 Å². The Kier molecular flexibility index (Phi) is 4.43. The van der Waals surface area contributed by atoms with Crippen molar-refractivity contribution < 1.29 is 9.90 Å². The molecule has 0 saturated heterocycles. The normalized spacial score (nSPS) is 13.2. The highest BCUT2D eigenvalue weighted by molar-refractivity contribution is 7.16. The molecule has 21 heavy (non-hydrogen) atoms. The molecule has 2 aromatic rings. The maximum Gasteiger partial charge on any atom is 0.263 e. The molecule has 2 aromatic heterocycles. The number of hydrogen-bond acceptors (Lipinski definition) is 5. The molecule has 0 aliphatic carbocycles. The van der Waals surface area contributed by atoms with Crippen LogP contribution in [0.5, 0.6) is 0 Å². The zero-order valence-electron chi connectivity index (χ0n) is 12.6. The third-order valence-electron chi connectivity index (χ3n) is 3.14. The van der Waals surface area contributed by atoms with Gasteiger partial charge in [-0.05, 0) is 5.41 Å². The number of thiazole rings is 1. The minimum Gasteiger partial charge on any atom is -0.391 e. The number of amides is 1. The van der Waals surface area contributed by atoms with Crippen molar-refractivity contribution in [1.29, 1.82) is 0 Å². The Hall–Kier alpha value is -1.73. The molecule has 2 heterocycles. The van der Waals surface area contributed by atoms with Crippen molar-refractivity contribution in [2.24, 2.45) is 12.5 Å². The van der Waals surface area contributed by atoms with Crippen LogP contribution in [0.2, 0.25) is 0 Å². The number of nitrogens with one attached hydrogen (secondary N) is 1. The average Bonchev–Trinajstić information content (AvgIpc) is 3.02. The molecule has 114 valence electrons. The molecule has 0 bridgehead atoms. The number of aromatic nitrogens is 3. The van der Waals surface area contributed by atoms with Gasteiger partial charge in [0.25, 0.3) is 5.91 Å². The molecule has 6 nitrogen and oxygen atoms in total. The molecule has 0 aliphatic rings. The van der Waals surface area contributed by atoms with E-state index < -0.39 is 6.10 Å². The van der Waals surface area contributed by atoms with E-state index in [0.717, 1.165) is 10.6 Å². The van der Waals surface area contributed by atoms with Crippen molar-refractivity contribution in [2.45, 2.75) is 26.9 Å². The molecule has 1 amide bonds. The zero-order chi connectivity index (χ0) is 15.6. The summed E-state index contributed by atoms with van der Waals surface area (Å²) in [5.74, 6) is -0.217. The lowest BCUT2D eigenvalue weighted by molar-refractivity contribution is 0.0588. The van der Waals surface area contributed by atoms with Crippen LogP contribution in [-0.4, -0.2) is 38.4 Å². The molecular formula is C14H20N4O2S. The number of rotatable bonds is 4. The van der Waals surface area contributed by atoms with Gasteiger partial charge in [0.05, 0.1) is 18.5 Å². The summed E-state index contributed by atoms with van der Waals surface area (Å²) in [6.45, 7) is 6.01. The molecule has 0 radical (unpaired) electrons. The summed E-state index contributed by atoms with van der Waals surface area (Å²) in [6, 6.07) is 0. The van der Waals surface area contributed by atoms with E-state index in [1.54, 1.807) is 17.1 Å². The molecule has 2 rings (SSSR count). The maximum absolute atomic E-state index is 12.1. The van der Waals surface area contributed by atoms with Gasteiger partial charge in [0.1, 0.15) is 9.88 Å². The standard InChI is InChI=1S/C14H20N4O2S/c1-14(2,3)11(19)7-15-12(20)10-6-16-13(21-10)9-5-17-18(4)8-9/h5-6,8,11,19H,7H2,1-4H3,(H,15,20). The highest BCUT2D eigenvalue weighted by atomic mass is 32.1. The second-order valence-corrected chi connectivity index (χ2v) is 7.05. The van der Waals surface area contributed by atoms with Gasteiger partial charge in [0, 0.05) is 25.4 Å². The highest BCUT2D eigenvalue weighted by Gasteiger charge is 2.23. The van der Waals surface area contributed by atoms with Gasteiger partial charge in [-0.1, -0.05) is 20.8 Å². The van der Waals surface area contributed by atoms with Crippen LogP contribution in [0.1, 0.15) is 30.4 Å². The summed E-state index contributed by atoms with van der Waals surface area (Å²) in [4.78, 5) is 16.8. The van der Waals surface area contributed by atoms with E-state index in [1.807, 2.05) is 34.0 Å². The van der Waals surface area contributed by atoms with Gasteiger partial charge < -0.3 is 10.4 Å². The predicted octanol–water partition coefficient (Wildman–Crippen LogP) is 1.68. The molecular weight excluding hydrogens is 288 g/mol. The summed E-state index contributed by atoms with van der Waals surface area (Å²) < 4.78 is 1.69. The molecule has 7 heteroatoms. The van der Waals surface area contributed by atoms with Crippen LogP contribution >= 0.6 is 11.3 Å². The fourth-order valence-electron chi connectivity index (χ4n) is 1.63. The van der Waals surface area contributed by atoms with Crippen molar-refractivity contribution in [3.8, 4) is 10.6 Å². The Morgan fingerprint density at radius 3 is 2.76 bits per heavy atom. The van der Waals surface area contributed by atoms with Crippen molar-refractivity contribution in [3.63, 3.8) is 0 Å². The first-order chi connectivity index (χ1) is 9.77. The van der Waals surface area contributed by atoms with E-state index in [1.165, 1.54) is 11.3 Å². The van der Waals surface area contributed by atoms with Crippen molar-refractivity contribution in [3.05, 3.63) is 23.5 Å². The number of carbonyl (C=O) groups is 1. The molecule has 0 saturated carbocycles. The second-order valence-electron chi connectivity index (χ2n) is 6.02. The number of hydrogen-bond donors (Lipinski definition) is 2. The largest absolute Gasteiger partial charge is 0.391 e. The fourth-order valence-corrected chi connectivity index (χ4v) is 2.43. The maximum atomic E-state index is 12.1. The third kappa shape index (κ3) is 3.89. The quantitative estimate of drug-likeness (QED) is 0.900. The summed E-state index contributed by atoms with van der Waals surface area (Å²) in [5.41, 5.74) is 0.623. The van der Waals surface area contributed by atoms with Crippen LogP contribution in [0.15, 0.2) is 18.6 Å². The Morgan fingerprint density at radius 2 is 2.19 bits per heavy atom. The third-order valence-corrected chi connectivity index (χ3v) is 4.18. The van der Waals surface area contributed by atoms with Gasteiger partial charge in [-0.25, -0.2) is 4.98 Å². The zero-order valence-corrected chi connectivity index (χ0v) is 13.4. The van der Waals surface area contributed by atoms with E-state index >= 15 is 0 Å². The Balaban J connectivity index is 2.00. The van der Waals surface area contributed by atoms with Gasteiger partial charge in [-0.2, -0.15) is 5.10 Å². The molecule has 2 N–H and O–H groups in total. The SMILES string of the molecule is Cn1cc(-c2ncc(C(=O)NCC(O)C(C)(C)C)s2)cn1. The van der Waals surface area contributed by atoms with Gasteiger partial charge in [0.2, 0.25) is 0 Å². The van der Waals surface area contributed by atoms with Crippen LogP contribution in [0.3, 0.4) is 0 Å². The van der Waals surface area contributed by atoms with E-state index in [2.05, 4.69) is 15.4 Å². The molecule has 0 aromatic carbocycles. The first-order valence-corrected chi connectivity index (χ1v) is 7.50.